The van der Waals surface area contributed by atoms with Gasteiger partial charge in [-0.15, -0.1) is 0 Å². The minimum Gasteiger partial charge on any atom is -0.420 e. The van der Waals surface area contributed by atoms with Gasteiger partial charge in [0.2, 0.25) is 34.8 Å². The van der Waals surface area contributed by atoms with Crippen molar-refractivity contribution in [3.05, 3.63) is 89.4 Å². The highest BCUT2D eigenvalue weighted by Crippen LogP contribution is 2.29. The molecule has 30 heavy (non-hydrogen) atoms. The van der Waals surface area contributed by atoms with Crippen molar-refractivity contribution in [3.8, 4) is 16.9 Å². The summed E-state index contributed by atoms with van der Waals surface area (Å²) >= 11 is 0. The van der Waals surface area contributed by atoms with E-state index in [1.807, 2.05) is 30.5 Å². The second-order valence-electron chi connectivity index (χ2n) is 6.53. The van der Waals surface area contributed by atoms with E-state index in [1.165, 1.54) is 0 Å². The van der Waals surface area contributed by atoms with E-state index in [4.69, 9.17) is 0 Å². The van der Waals surface area contributed by atoms with Gasteiger partial charge in [-0.25, -0.2) is 13.2 Å². The first kappa shape index (κ1) is 19.6. The van der Waals surface area contributed by atoms with Crippen molar-refractivity contribution in [1.82, 2.24) is 4.98 Å². The fraction of sp³-hybridized carbons (Fsp3) is 0.0455. The Morgan fingerprint density at radius 1 is 0.767 bits per heavy atom. The summed E-state index contributed by atoms with van der Waals surface area (Å²) in [5.74, 6) is -13.9. The monoisotopic (exact) mass is 417 g/mol. The topological polar surface area (TPSA) is 42.1 Å². The Hall–Kier alpha value is -3.68. The van der Waals surface area contributed by atoms with Crippen LogP contribution < -0.4 is 4.74 Å². The molecule has 0 aliphatic carbocycles. The average molecular weight is 417 g/mol. The third-order valence-corrected chi connectivity index (χ3v) is 4.57. The van der Waals surface area contributed by atoms with Crippen molar-refractivity contribution in [2.24, 2.45) is 0 Å². The van der Waals surface area contributed by atoms with E-state index >= 15 is 0 Å². The first-order valence-corrected chi connectivity index (χ1v) is 8.73. The standard InChI is InChI=1S/C22H12F5NO2/c23-17-18(24)20(26)22(21(27)19(17)25)30-16(29)9-11-1-3-12(4-2-11)13-5-6-15-14(10-13)7-8-28-15/h1-8,10,28H,9H2. The molecule has 3 nitrogen and oxygen atoms in total. The lowest BCUT2D eigenvalue weighted by Gasteiger charge is -2.09. The van der Waals surface area contributed by atoms with Crippen molar-refractivity contribution in [2.75, 3.05) is 0 Å². The fourth-order valence-electron chi connectivity index (χ4n) is 3.04. The molecular weight excluding hydrogens is 405 g/mol. The molecule has 0 bridgehead atoms. The van der Waals surface area contributed by atoms with Gasteiger partial charge in [-0.05, 0) is 40.3 Å². The zero-order valence-electron chi connectivity index (χ0n) is 15.1. The summed E-state index contributed by atoms with van der Waals surface area (Å²) in [5.41, 5.74) is 3.24. The van der Waals surface area contributed by atoms with Gasteiger partial charge in [-0.1, -0.05) is 30.3 Å². The molecule has 0 radical (unpaired) electrons. The van der Waals surface area contributed by atoms with Crippen molar-refractivity contribution in [1.29, 1.82) is 0 Å². The number of carbonyl (C=O) groups is 1. The van der Waals surface area contributed by atoms with Gasteiger partial charge in [0.15, 0.2) is 0 Å². The highest BCUT2D eigenvalue weighted by Gasteiger charge is 2.28. The molecule has 1 heterocycles. The Morgan fingerprint density at radius 3 is 2.03 bits per heavy atom. The maximum atomic E-state index is 13.6. The summed E-state index contributed by atoms with van der Waals surface area (Å²) in [7, 11) is 0. The van der Waals surface area contributed by atoms with Gasteiger partial charge in [0, 0.05) is 11.7 Å². The van der Waals surface area contributed by atoms with Gasteiger partial charge in [0.1, 0.15) is 0 Å². The zero-order chi connectivity index (χ0) is 21.4. The molecule has 8 heteroatoms. The van der Waals surface area contributed by atoms with Crippen LogP contribution in [-0.4, -0.2) is 11.0 Å². The molecule has 0 aliphatic heterocycles. The highest BCUT2D eigenvalue weighted by atomic mass is 19.2. The highest BCUT2D eigenvalue weighted by molar-refractivity contribution is 5.85. The number of aromatic amines is 1. The van der Waals surface area contributed by atoms with Gasteiger partial charge >= 0.3 is 5.97 Å². The van der Waals surface area contributed by atoms with Crippen LogP contribution in [0.5, 0.6) is 5.75 Å². The number of fused-ring (bicyclic) bond motifs is 1. The fourth-order valence-corrected chi connectivity index (χ4v) is 3.04. The van der Waals surface area contributed by atoms with Crippen molar-refractivity contribution in [2.45, 2.75) is 6.42 Å². The summed E-state index contributed by atoms with van der Waals surface area (Å²) < 4.78 is 71.1. The largest absolute Gasteiger partial charge is 0.420 e. The lowest BCUT2D eigenvalue weighted by molar-refractivity contribution is -0.134. The Morgan fingerprint density at radius 2 is 1.37 bits per heavy atom. The predicted octanol–water partition coefficient (Wildman–Crippen LogP) is 5.68. The van der Waals surface area contributed by atoms with Crippen LogP contribution in [0.2, 0.25) is 0 Å². The zero-order valence-corrected chi connectivity index (χ0v) is 15.1. The van der Waals surface area contributed by atoms with Crippen LogP contribution in [-0.2, 0) is 11.2 Å². The van der Waals surface area contributed by atoms with E-state index in [9.17, 15) is 26.7 Å². The molecule has 0 spiro atoms. The van der Waals surface area contributed by atoms with Crippen LogP contribution in [0.1, 0.15) is 5.56 Å². The summed E-state index contributed by atoms with van der Waals surface area (Å²) in [6.45, 7) is 0. The van der Waals surface area contributed by atoms with Gasteiger partial charge in [0.25, 0.3) is 0 Å². The molecule has 4 aromatic rings. The minimum atomic E-state index is -2.32. The lowest BCUT2D eigenvalue weighted by atomic mass is 10.0. The number of hydrogen-bond acceptors (Lipinski definition) is 2. The number of esters is 1. The Bertz CT molecular complexity index is 1240. The van der Waals surface area contributed by atoms with E-state index in [2.05, 4.69) is 9.72 Å². The number of hydrogen-bond donors (Lipinski definition) is 1. The second kappa shape index (κ2) is 7.62. The number of H-pyrrole nitrogens is 1. The van der Waals surface area contributed by atoms with Crippen molar-refractivity contribution >= 4 is 16.9 Å². The van der Waals surface area contributed by atoms with Crippen molar-refractivity contribution < 1.29 is 31.5 Å². The van der Waals surface area contributed by atoms with Crippen LogP contribution in [0.25, 0.3) is 22.0 Å². The number of aromatic nitrogens is 1. The average Bonchev–Trinajstić information content (AvgIpc) is 3.22. The molecule has 0 unspecified atom stereocenters. The van der Waals surface area contributed by atoms with Crippen LogP contribution in [0.4, 0.5) is 22.0 Å². The number of carbonyl (C=O) groups excluding carboxylic acids is 1. The Labute approximate surface area is 166 Å². The number of halogens is 5. The molecule has 0 saturated carbocycles. The molecule has 0 fully saturated rings. The molecule has 0 amide bonds. The van der Waals surface area contributed by atoms with E-state index in [0.29, 0.717) is 5.56 Å². The second-order valence-corrected chi connectivity index (χ2v) is 6.53. The first-order valence-electron chi connectivity index (χ1n) is 8.73. The van der Waals surface area contributed by atoms with Crippen LogP contribution in [0.15, 0.2) is 54.7 Å². The quantitative estimate of drug-likeness (QED) is 0.153. The van der Waals surface area contributed by atoms with Gasteiger partial charge in [0.05, 0.1) is 6.42 Å². The van der Waals surface area contributed by atoms with E-state index in [-0.39, 0.29) is 0 Å². The Kier molecular flexibility index (Phi) is 4.99. The first-order chi connectivity index (χ1) is 14.3. The molecular formula is C22H12F5NO2. The summed E-state index contributed by atoms with van der Waals surface area (Å²) in [4.78, 5) is 15.1. The summed E-state index contributed by atoms with van der Waals surface area (Å²) in [6, 6.07) is 14.5. The van der Waals surface area contributed by atoms with Gasteiger partial charge in [-0.3, -0.25) is 4.79 Å². The lowest BCUT2D eigenvalue weighted by Crippen LogP contribution is -2.15. The van der Waals surface area contributed by atoms with Crippen LogP contribution in [0.3, 0.4) is 0 Å². The SMILES string of the molecule is O=C(Cc1ccc(-c2ccc3[nH]ccc3c2)cc1)Oc1c(F)c(F)c(F)c(F)c1F. The van der Waals surface area contributed by atoms with Gasteiger partial charge < -0.3 is 9.72 Å². The maximum absolute atomic E-state index is 13.6. The predicted molar refractivity (Wildman–Crippen MR) is 99.3 cm³/mol. The molecule has 0 saturated heterocycles. The van der Waals surface area contributed by atoms with E-state index in [1.54, 1.807) is 24.3 Å². The number of ether oxygens (including phenoxy) is 1. The third-order valence-electron chi connectivity index (χ3n) is 4.57. The maximum Gasteiger partial charge on any atom is 0.315 e. The molecule has 1 N–H and O–H groups in total. The number of rotatable bonds is 4. The molecule has 0 atom stereocenters. The summed E-state index contributed by atoms with van der Waals surface area (Å²) in [6.07, 6.45) is 1.41. The molecule has 1 aromatic heterocycles. The smallest absolute Gasteiger partial charge is 0.315 e. The van der Waals surface area contributed by atoms with E-state index in [0.717, 1.165) is 22.0 Å². The Balaban J connectivity index is 1.50. The van der Waals surface area contributed by atoms with Crippen LogP contribution in [0, 0.1) is 29.1 Å². The molecule has 0 aliphatic rings. The summed E-state index contributed by atoms with van der Waals surface area (Å²) in [5, 5.41) is 1.03. The van der Waals surface area contributed by atoms with E-state index < -0.39 is 47.2 Å². The normalized spacial score (nSPS) is 11.1. The minimum absolute atomic E-state index is 0.420. The molecule has 3 aromatic carbocycles. The van der Waals surface area contributed by atoms with Gasteiger partial charge in [-0.2, -0.15) is 8.78 Å². The van der Waals surface area contributed by atoms with Crippen LogP contribution >= 0.6 is 0 Å². The molecule has 152 valence electrons. The third kappa shape index (κ3) is 3.52. The number of benzene rings is 3. The molecule has 4 rings (SSSR count). The number of nitrogens with one attached hydrogen (secondary N) is 1. The van der Waals surface area contributed by atoms with Crippen molar-refractivity contribution in [3.63, 3.8) is 0 Å².